The number of thiophene rings is 1. The number of hydrogen-bond acceptors (Lipinski definition) is 7. The molecule has 0 unspecified atom stereocenters. The van der Waals surface area contributed by atoms with Gasteiger partial charge in [0.05, 0.1) is 11.8 Å². The lowest BCUT2D eigenvalue weighted by atomic mass is 9.93. The van der Waals surface area contributed by atoms with E-state index in [1.165, 1.54) is 47.9 Å². The minimum Gasteiger partial charge on any atom is -0.448 e. The molecule has 1 fully saturated rings. The van der Waals surface area contributed by atoms with Crippen molar-refractivity contribution < 1.29 is 9.21 Å². The molecule has 0 radical (unpaired) electrons. The van der Waals surface area contributed by atoms with Gasteiger partial charge in [0.1, 0.15) is 10.8 Å². The number of aliphatic imine (C=N–C) groups is 1. The molecule has 2 aliphatic rings. The van der Waals surface area contributed by atoms with Gasteiger partial charge in [0, 0.05) is 22.3 Å². The molecule has 8 heteroatoms. The van der Waals surface area contributed by atoms with E-state index in [-0.39, 0.29) is 11.9 Å². The topological polar surface area (TPSA) is 80.4 Å². The summed E-state index contributed by atoms with van der Waals surface area (Å²) >= 11 is 3.05. The number of hydrogen-bond donors (Lipinski definition) is 1. The fraction of sp³-hybridized carbons (Fsp3) is 0.462. The number of fused-ring (bicyclic) bond motifs is 1. The summed E-state index contributed by atoms with van der Waals surface area (Å²) in [7, 11) is 0. The summed E-state index contributed by atoms with van der Waals surface area (Å²) in [4.78, 5) is 28.3. The SMILES string of the molecule is Cc1cc(C)nc(Sc2ccc(C=Nc3sc4c(c3C(=O)NC3CCCCC3)CCCC4)o2)n1. The van der Waals surface area contributed by atoms with Crippen LogP contribution in [0.4, 0.5) is 5.00 Å². The van der Waals surface area contributed by atoms with Crippen LogP contribution in [0.25, 0.3) is 0 Å². The molecule has 0 saturated heterocycles. The molecule has 1 saturated carbocycles. The molecule has 3 aromatic heterocycles. The average Bonchev–Trinajstić information content (AvgIpc) is 3.41. The summed E-state index contributed by atoms with van der Waals surface area (Å²) in [6.07, 6.45) is 11.9. The zero-order valence-corrected chi connectivity index (χ0v) is 21.4. The van der Waals surface area contributed by atoms with Crippen LogP contribution in [0.15, 0.2) is 37.9 Å². The second kappa shape index (κ2) is 10.4. The number of amides is 1. The third kappa shape index (κ3) is 5.44. The summed E-state index contributed by atoms with van der Waals surface area (Å²) in [6, 6.07) is 6.04. The minimum absolute atomic E-state index is 0.0427. The lowest BCUT2D eigenvalue weighted by molar-refractivity contribution is 0.0927. The molecule has 1 amide bonds. The van der Waals surface area contributed by atoms with Gasteiger partial charge < -0.3 is 9.73 Å². The Morgan fingerprint density at radius 2 is 1.88 bits per heavy atom. The molecule has 3 aromatic rings. The Kier molecular flexibility index (Phi) is 7.15. The molecule has 3 heterocycles. The first-order valence-electron chi connectivity index (χ1n) is 12.1. The predicted molar refractivity (Wildman–Crippen MR) is 137 cm³/mol. The van der Waals surface area contributed by atoms with Crippen LogP contribution < -0.4 is 5.32 Å². The highest BCUT2D eigenvalue weighted by atomic mass is 32.2. The number of furan rings is 1. The summed E-state index contributed by atoms with van der Waals surface area (Å²) in [5.41, 5.74) is 3.86. The molecule has 34 heavy (non-hydrogen) atoms. The minimum atomic E-state index is 0.0427. The van der Waals surface area contributed by atoms with Gasteiger partial charge in [0.2, 0.25) is 0 Å². The Balaban J connectivity index is 1.35. The zero-order valence-electron chi connectivity index (χ0n) is 19.7. The number of nitrogens with one attached hydrogen (secondary N) is 1. The van der Waals surface area contributed by atoms with E-state index in [2.05, 4.69) is 15.3 Å². The normalized spacial score (nSPS) is 16.6. The Morgan fingerprint density at radius 3 is 2.68 bits per heavy atom. The molecule has 0 bridgehead atoms. The van der Waals surface area contributed by atoms with Gasteiger partial charge in [-0.15, -0.1) is 11.3 Å². The van der Waals surface area contributed by atoms with E-state index in [1.54, 1.807) is 17.6 Å². The van der Waals surface area contributed by atoms with E-state index in [0.29, 0.717) is 16.0 Å². The Morgan fingerprint density at radius 1 is 1.12 bits per heavy atom. The second-order valence-corrected chi connectivity index (χ2v) is 11.2. The van der Waals surface area contributed by atoms with Crippen molar-refractivity contribution in [2.24, 2.45) is 4.99 Å². The lowest BCUT2D eigenvalue weighted by Crippen LogP contribution is -2.36. The molecular weight excluding hydrogens is 464 g/mol. The second-order valence-electron chi connectivity index (χ2n) is 9.15. The molecular formula is C26H30N4O2S2. The first-order chi connectivity index (χ1) is 16.5. The Hall–Kier alpha value is -2.45. The van der Waals surface area contributed by atoms with Gasteiger partial charge >= 0.3 is 0 Å². The van der Waals surface area contributed by atoms with Crippen LogP contribution in [0.1, 0.15) is 82.9 Å². The molecule has 1 N–H and O–H groups in total. The maximum absolute atomic E-state index is 13.3. The maximum atomic E-state index is 13.3. The maximum Gasteiger partial charge on any atom is 0.254 e. The fourth-order valence-electron chi connectivity index (χ4n) is 4.79. The Labute approximate surface area is 208 Å². The van der Waals surface area contributed by atoms with E-state index >= 15 is 0 Å². The van der Waals surface area contributed by atoms with Crippen molar-refractivity contribution in [2.75, 3.05) is 0 Å². The van der Waals surface area contributed by atoms with Crippen molar-refractivity contribution in [2.45, 2.75) is 87.9 Å². The van der Waals surface area contributed by atoms with E-state index in [4.69, 9.17) is 9.41 Å². The first kappa shape index (κ1) is 23.3. The number of aromatic nitrogens is 2. The first-order valence-corrected chi connectivity index (χ1v) is 13.8. The standard InChI is InChI=1S/C26H30N4O2S2/c1-16-14-17(2)29-26(28-16)34-22-13-12-19(32-22)15-27-25-23(20-10-6-7-11-21(20)33-25)24(31)30-18-8-4-3-5-9-18/h12-15,18H,3-11H2,1-2H3,(H,30,31). The van der Waals surface area contributed by atoms with Crippen LogP contribution >= 0.6 is 23.1 Å². The molecule has 0 atom stereocenters. The van der Waals surface area contributed by atoms with E-state index in [0.717, 1.165) is 54.1 Å². The third-order valence-corrected chi connectivity index (χ3v) is 8.37. The summed E-state index contributed by atoms with van der Waals surface area (Å²) < 4.78 is 5.95. The average molecular weight is 495 g/mol. The van der Waals surface area contributed by atoms with Gasteiger partial charge in [-0.1, -0.05) is 19.3 Å². The quantitative estimate of drug-likeness (QED) is 0.309. The van der Waals surface area contributed by atoms with Gasteiger partial charge in [-0.25, -0.2) is 15.0 Å². The molecule has 0 spiro atoms. The zero-order chi connectivity index (χ0) is 23.5. The van der Waals surface area contributed by atoms with Gasteiger partial charge in [0.25, 0.3) is 5.91 Å². The molecule has 0 aliphatic heterocycles. The summed E-state index contributed by atoms with van der Waals surface area (Å²) in [6.45, 7) is 3.92. The lowest BCUT2D eigenvalue weighted by Gasteiger charge is -2.23. The fourth-order valence-corrected chi connectivity index (χ4v) is 6.85. The molecule has 5 rings (SSSR count). The highest BCUT2D eigenvalue weighted by molar-refractivity contribution is 7.99. The van der Waals surface area contributed by atoms with Crippen LogP contribution in [0.3, 0.4) is 0 Å². The molecule has 2 aliphatic carbocycles. The van der Waals surface area contributed by atoms with Crippen molar-refractivity contribution in [1.29, 1.82) is 0 Å². The van der Waals surface area contributed by atoms with Gasteiger partial charge in [-0.3, -0.25) is 4.79 Å². The third-order valence-electron chi connectivity index (χ3n) is 6.38. The van der Waals surface area contributed by atoms with Crippen LogP contribution in [-0.4, -0.2) is 28.1 Å². The van der Waals surface area contributed by atoms with Gasteiger partial charge in [-0.05, 0) is 87.9 Å². The highest BCUT2D eigenvalue weighted by Crippen LogP contribution is 2.40. The molecule has 6 nitrogen and oxygen atoms in total. The van der Waals surface area contributed by atoms with Gasteiger partial charge in [0.15, 0.2) is 10.2 Å². The van der Waals surface area contributed by atoms with Crippen molar-refractivity contribution >= 4 is 40.2 Å². The highest BCUT2D eigenvalue weighted by Gasteiger charge is 2.27. The predicted octanol–water partition coefficient (Wildman–Crippen LogP) is 6.59. The number of nitrogens with zero attached hydrogens (tertiary/aromatic N) is 3. The van der Waals surface area contributed by atoms with Gasteiger partial charge in [-0.2, -0.15) is 0 Å². The van der Waals surface area contributed by atoms with Crippen LogP contribution in [0.5, 0.6) is 0 Å². The summed E-state index contributed by atoms with van der Waals surface area (Å²) in [5.74, 6) is 0.693. The number of carbonyl (C=O) groups is 1. The Bertz CT molecular complexity index is 1190. The van der Waals surface area contributed by atoms with Crippen molar-refractivity contribution in [3.63, 3.8) is 0 Å². The molecule has 178 valence electrons. The molecule has 0 aromatic carbocycles. The largest absolute Gasteiger partial charge is 0.448 e. The van der Waals surface area contributed by atoms with E-state index in [9.17, 15) is 4.79 Å². The smallest absolute Gasteiger partial charge is 0.254 e. The van der Waals surface area contributed by atoms with Crippen molar-refractivity contribution in [3.8, 4) is 0 Å². The van der Waals surface area contributed by atoms with Crippen LogP contribution in [0.2, 0.25) is 0 Å². The monoisotopic (exact) mass is 494 g/mol. The summed E-state index contributed by atoms with van der Waals surface area (Å²) in [5, 5.41) is 5.48. The van der Waals surface area contributed by atoms with E-state index in [1.807, 2.05) is 32.0 Å². The van der Waals surface area contributed by atoms with Crippen molar-refractivity contribution in [1.82, 2.24) is 15.3 Å². The van der Waals surface area contributed by atoms with Crippen molar-refractivity contribution in [3.05, 3.63) is 51.4 Å². The van der Waals surface area contributed by atoms with Crippen LogP contribution in [0, 0.1) is 13.8 Å². The van der Waals surface area contributed by atoms with Crippen LogP contribution in [-0.2, 0) is 12.8 Å². The number of carbonyl (C=O) groups excluding carboxylic acids is 1. The number of rotatable bonds is 6. The number of aryl methyl sites for hydroxylation is 3. The van der Waals surface area contributed by atoms with E-state index < -0.39 is 0 Å².